The number of amides is 1. The van der Waals surface area contributed by atoms with Gasteiger partial charge in [0.2, 0.25) is 0 Å². The quantitative estimate of drug-likeness (QED) is 0.645. The molecule has 1 atom stereocenters. The molecule has 0 unspecified atom stereocenters. The van der Waals surface area contributed by atoms with E-state index in [4.69, 9.17) is 10.2 Å². The molecule has 0 saturated carbocycles. The Kier molecular flexibility index (Phi) is 4.19. The first kappa shape index (κ1) is 11.6. The van der Waals surface area contributed by atoms with Crippen LogP contribution in [-0.4, -0.2) is 39.7 Å². The van der Waals surface area contributed by atoms with Crippen LogP contribution in [0.4, 0.5) is 0 Å². The molecule has 0 aliphatic carbocycles. The lowest BCUT2D eigenvalue weighted by molar-refractivity contribution is -0.139. The first-order valence-electron chi connectivity index (χ1n) is 4.18. The zero-order chi connectivity index (χ0) is 11.3. The second kappa shape index (κ2) is 5.42. The highest BCUT2D eigenvalue weighted by Crippen LogP contribution is 2.05. The van der Waals surface area contributed by atoms with Crippen molar-refractivity contribution in [3.8, 4) is 0 Å². The van der Waals surface area contributed by atoms with Crippen LogP contribution in [0.2, 0.25) is 0 Å². The van der Waals surface area contributed by atoms with Gasteiger partial charge in [0.05, 0.1) is 11.7 Å². The largest absolute Gasteiger partial charge is 0.480 e. The van der Waals surface area contributed by atoms with Gasteiger partial charge in [0, 0.05) is 13.0 Å². The van der Waals surface area contributed by atoms with Crippen LogP contribution in [0, 0.1) is 0 Å². The molecule has 3 N–H and O–H groups in total. The Hall–Kier alpha value is -1.47. The molecule has 0 radical (unpaired) electrons. The van der Waals surface area contributed by atoms with E-state index in [9.17, 15) is 9.59 Å². The number of hydrogen-bond donors (Lipinski definition) is 3. The molecule has 0 aliphatic heterocycles. The molecule has 0 saturated heterocycles. The summed E-state index contributed by atoms with van der Waals surface area (Å²) in [7, 11) is 0. The number of aliphatic carboxylic acids is 1. The van der Waals surface area contributed by atoms with E-state index in [1.54, 1.807) is 0 Å². The maximum atomic E-state index is 11.4. The summed E-state index contributed by atoms with van der Waals surface area (Å²) in [6.07, 6.45) is 1.34. The number of nitrogens with zero attached hydrogens (tertiary/aromatic N) is 1. The minimum Gasteiger partial charge on any atom is -0.480 e. The number of thiazole rings is 1. The molecule has 15 heavy (non-hydrogen) atoms. The van der Waals surface area contributed by atoms with Crippen LogP contribution >= 0.6 is 11.3 Å². The van der Waals surface area contributed by atoms with Gasteiger partial charge in [-0.1, -0.05) is 0 Å². The van der Waals surface area contributed by atoms with Crippen LogP contribution in [-0.2, 0) is 4.79 Å². The Morgan fingerprint density at radius 2 is 2.33 bits per heavy atom. The van der Waals surface area contributed by atoms with Gasteiger partial charge in [-0.2, -0.15) is 0 Å². The van der Waals surface area contributed by atoms with Crippen molar-refractivity contribution >= 4 is 23.2 Å². The molecule has 7 heteroatoms. The zero-order valence-electron chi connectivity index (χ0n) is 7.71. The Morgan fingerprint density at radius 1 is 1.60 bits per heavy atom. The summed E-state index contributed by atoms with van der Waals surface area (Å²) < 4.78 is 0. The number of hydrogen-bond acceptors (Lipinski definition) is 5. The van der Waals surface area contributed by atoms with Crippen molar-refractivity contribution in [3.05, 3.63) is 16.6 Å². The van der Waals surface area contributed by atoms with Gasteiger partial charge in [-0.05, 0) is 0 Å². The summed E-state index contributed by atoms with van der Waals surface area (Å²) >= 11 is 1.12. The van der Waals surface area contributed by atoms with Crippen molar-refractivity contribution in [2.75, 3.05) is 6.61 Å². The van der Waals surface area contributed by atoms with Crippen molar-refractivity contribution in [3.63, 3.8) is 0 Å². The fourth-order valence-electron chi connectivity index (χ4n) is 0.944. The van der Waals surface area contributed by atoms with Crippen molar-refractivity contribution in [1.29, 1.82) is 0 Å². The molecule has 6 nitrogen and oxygen atoms in total. The molecule has 0 spiro atoms. The third kappa shape index (κ3) is 3.30. The van der Waals surface area contributed by atoms with E-state index in [1.807, 2.05) is 0 Å². The van der Waals surface area contributed by atoms with E-state index >= 15 is 0 Å². The van der Waals surface area contributed by atoms with Gasteiger partial charge in [-0.25, -0.2) is 4.79 Å². The number of carboxylic acid groups (broad SMARTS) is 1. The fraction of sp³-hybridized carbons (Fsp3) is 0.375. The maximum absolute atomic E-state index is 11.4. The molecular formula is C8H10N2O4S. The van der Waals surface area contributed by atoms with Gasteiger partial charge >= 0.3 is 5.97 Å². The summed E-state index contributed by atoms with van der Waals surface area (Å²) in [5.74, 6) is -1.65. The standard InChI is InChI=1S/C8H10N2O4S/c11-2-1-5(8(13)14)10-7(12)6-3-9-4-15-6/h3-5,11H,1-2H2,(H,10,12)(H,13,14)/t5-/m0/s1. The highest BCUT2D eigenvalue weighted by molar-refractivity contribution is 7.11. The minimum atomic E-state index is -1.16. The Morgan fingerprint density at radius 3 is 2.80 bits per heavy atom. The summed E-state index contributed by atoms with van der Waals surface area (Å²) in [5.41, 5.74) is 1.48. The summed E-state index contributed by atoms with van der Waals surface area (Å²) in [5, 5.41) is 19.6. The lowest BCUT2D eigenvalue weighted by Crippen LogP contribution is -2.41. The van der Waals surface area contributed by atoms with Crippen molar-refractivity contribution in [1.82, 2.24) is 10.3 Å². The van der Waals surface area contributed by atoms with Crippen LogP contribution in [0.3, 0.4) is 0 Å². The number of nitrogens with one attached hydrogen (secondary N) is 1. The smallest absolute Gasteiger partial charge is 0.326 e. The lowest BCUT2D eigenvalue weighted by Gasteiger charge is -2.11. The van der Waals surface area contributed by atoms with Gasteiger partial charge in [0.25, 0.3) is 5.91 Å². The highest BCUT2D eigenvalue weighted by atomic mass is 32.1. The van der Waals surface area contributed by atoms with Crippen LogP contribution < -0.4 is 5.32 Å². The molecule has 82 valence electrons. The number of aliphatic hydroxyl groups is 1. The second-order valence-corrected chi connectivity index (χ2v) is 3.63. The SMILES string of the molecule is O=C(N[C@@H](CCO)C(=O)O)c1cncs1. The van der Waals surface area contributed by atoms with Crippen LogP contribution in [0.1, 0.15) is 16.1 Å². The van der Waals surface area contributed by atoms with Crippen molar-refractivity contribution in [2.24, 2.45) is 0 Å². The van der Waals surface area contributed by atoms with Crippen molar-refractivity contribution < 1.29 is 19.8 Å². The first-order chi connectivity index (χ1) is 7.15. The lowest BCUT2D eigenvalue weighted by atomic mass is 10.2. The van der Waals surface area contributed by atoms with Gasteiger partial charge in [-0.15, -0.1) is 11.3 Å². The molecule has 1 aromatic heterocycles. The van der Waals surface area contributed by atoms with E-state index in [1.165, 1.54) is 11.7 Å². The third-order valence-corrected chi connectivity index (χ3v) is 2.45. The molecule has 0 bridgehead atoms. The summed E-state index contributed by atoms with van der Waals surface area (Å²) in [4.78, 5) is 26.1. The van der Waals surface area contributed by atoms with E-state index in [-0.39, 0.29) is 13.0 Å². The van der Waals surface area contributed by atoms with Crippen LogP contribution in [0.15, 0.2) is 11.7 Å². The maximum Gasteiger partial charge on any atom is 0.326 e. The second-order valence-electron chi connectivity index (χ2n) is 2.74. The number of carbonyl (C=O) groups is 2. The van der Waals surface area contributed by atoms with E-state index in [0.29, 0.717) is 4.88 Å². The predicted octanol–water partition coefficient (Wildman–Crippen LogP) is -0.291. The average molecular weight is 230 g/mol. The predicted molar refractivity (Wildman–Crippen MR) is 52.7 cm³/mol. The monoisotopic (exact) mass is 230 g/mol. The molecule has 0 fully saturated rings. The molecule has 1 amide bonds. The number of rotatable bonds is 5. The number of aliphatic hydroxyl groups excluding tert-OH is 1. The highest BCUT2D eigenvalue weighted by Gasteiger charge is 2.20. The van der Waals surface area contributed by atoms with E-state index < -0.39 is 17.9 Å². The Balaban J connectivity index is 2.59. The Labute approximate surface area is 89.6 Å². The van der Waals surface area contributed by atoms with Gasteiger partial charge < -0.3 is 15.5 Å². The van der Waals surface area contributed by atoms with Gasteiger partial charge in [0.1, 0.15) is 10.9 Å². The van der Waals surface area contributed by atoms with E-state index in [2.05, 4.69) is 10.3 Å². The van der Waals surface area contributed by atoms with Gasteiger partial charge in [-0.3, -0.25) is 9.78 Å². The molecular weight excluding hydrogens is 220 g/mol. The molecule has 1 aromatic rings. The number of carbonyl (C=O) groups excluding carboxylic acids is 1. The number of carboxylic acids is 1. The third-order valence-electron chi connectivity index (χ3n) is 1.68. The van der Waals surface area contributed by atoms with E-state index in [0.717, 1.165) is 11.3 Å². The topological polar surface area (TPSA) is 99.5 Å². The molecule has 1 rings (SSSR count). The summed E-state index contributed by atoms with van der Waals surface area (Å²) in [6.45, 7) is -0.292. The van der Waals surface area contributed by atoms with Gasteiger partial charge in [0.15, 0.2) is 0 Å². The molecule has 1 heterocycles. The minimum absolute atomic E-state index is 0.0140. The fourth-order valence-corrected chi connectivity index (χ4v) is 1.47. The summed E-state index contributed by atoms with van der Waals surface area (Å²) in [6, 6.07) is -1.07. The van der Waals surface area contributed by atoms with Crippen LogP contribution in [0.5, 0.6) is 0 Å². The molecule has 0 aromatic carbocycles. The Bertz CT molecular complexity index is 338. The first-order valence-corrected chi connectivity index (χ1v) is 5.06. The average Bonchev–Trinajstić information content (AvgIpc) is 2.69. The van der Waals surface area contributed by atoms with Crippen LogP contribution in [0.25, 0.3) is 0 Å². The number of aromatic nitrogens is 1. The normalized spacial score (nSPS) is 12.1. The molecule has 0 aliphatic rings. The van der Waals surface area contributed by atoms with Crippen molar-refractivity contribution in [2.45, 2.75) is 12.5 Å². The zero-order valence-corrected chi connectivity index (χ0v) is 8.53.